The van der Waals surface area contributed by atoms with E-state index in [9.17, 15) is 24.9 Å². The average molecular weight is 539 g/mol. The third-order valence-electron chi connectivity index (χ3n) is 5.42. The molecule has 2 aromatic rings. The molecule has 0 aliphatic carbocycles. The van der Waals surface area contributed by atoms with Crippen molar-refractivity contribution < 1.29 is 58.1 Å². The second-order valence-electron chi connectivity index (χ2n) is 8.01. The van der Waals surface area contributed by atoms with Crippen molar-refractivity contribution in [3.63, 3.8) is 0 Å². The van der Waals surface area contributed by atoms with E-state index in [4.69, 9.17) is 33.2 Å². The van der Waals surface area contributed by atoms with E-state index in [2.05, 4.69) is 0 Å². The van der Waals surface area contributed by atoms with E-state index in [1.54, 1.807) is 6.92 Å². The van der Waals surface area contributed by atoms with Crippen molar-refractivity contribution in [3.05, 3.63) is 46.5 Å². The first-order chi connectivity index (χ1) is 18.3. The van der Waals surface area contributed by atoms with Crippen molar-refractivity contribution in [2.75, 3.05) is 48.3 Å². The van der Waals surface area contributed by atoms with E-state index >= 15 is 0 Å². The Kier molecular flexibility index (Phi) is 12.1. The highest BCUT2D eigenvalue weighted by Crippen LogP contribution is 2.31. The van der Waals surface area contributed by atoms with Crippen LogP contribution in [0.5, 0.6) is 23.0 Å². The number of aliphatic hydroxyl groups excluding tert-OH is 3. The molecule has 2 aromatic carbocycles. The smallest absolute Gasteiger partial charge is 0.342 e. The van der Waals surface area contributed by atoms with Crippen LogP contribution in [0.15, 0.2) is 24.3 Å². The van der Waals surface area contributed by atoms with Crippen molar-refractivity contribution >= 4 is 11.9 Å². The van der Waals surface area contributed by atoms with Crippen molar-refractivity contribution in [1.82, 2.24) is 0 Å². The van der Waals surface area contributed by atoms with Gasteiger partial charge < -0.3 is 48.5 Å². The second-order valence-corrected chi connectivity index (χ2v) is 8.01. The first-order valence-corrected chi connectivity index (χ1v) is 11.6. The number of hydrogen-bond acceptors (Lipinski definition) is 12. The molecule has 2 unspecified atom stereocenters. The highest BCUT2D eigenvalue weighted by molar-refractivity contribution is 5.95. The predicted molar refractivity (Wildman–Crippen MR) is 133 cm³/mol. The van der Waals surface area contributed by atoms with Crippen LogP contribution in [0.4, 0.5) is 0 Å². The summed E-state index contributed by atoms with van der Waals surface area (Å²) in [5.74, 6) is -0.479. The Morgan fingerprint density at radius 3 is 1.58 bits per heavy atom. The molecule has 210 valence electrons. The number of esters is 2. The summed E-state index contributed by atoms with van der Waals surface area (Å²) in [5, 5.41) is 29.0. The largest absolute Gasteiger partial charge is 0.497 e. The molecule has 0 saturated carbocycles. The minimum Gasteiger partial charge on any atom is -0.497 e. The third kappa shape index (κ3) is 7.71. The van der Waals surface area contributed by atoms with E-state index in [-0.39, 0.29) is 47.0 Å². The molecule has 0 aliphatic rings. The number of rotatable bonds is 15. The highest BCUT2D eigenvalue weighted by atomic mass is 16.6. The zero-order chi connectivity index (χ0) is 28.2. The molecule has 2 atom stereocenters. The lowest BCUT2D eigenvalue weighted by Crippen LogP contribution is -2.30. The molecule has 0 bridgehead atoms. The van der Waals surface area contributed by atoms with E-state index in [0.29, 0.717) is 11.5 Å². The number of methoxy groups -OCH3 is 4. The molecule has 0 saturated heterocycles. The van der Waals surface area contributed by atoms with Gasteiger partial charge in [-0.05, 0) is 30.2 Å². The fourth-order valence-electron chi connectivity index (χ4n) is 3.54. The summed E-state index contributed by atoms with van der Waals surface area (Å²) in [7, 11) is 5.61. The molecule has 12 heteroatoms. The van der Waals surface area contributed by atoms with Gasteiger partial charge in [0.25, 0.3) is 0 Å². The van der Waals surface area contributed by atoms with Gasteiger partial charge in [0.05, 0.1) is 61.5 Å². The molecular weight excluding hydrogens is 504 g/mol. The van der Waals surface area contributed by atoms with Gasteiger partial charge in [0.2, 0.25) is 0 Å². The average Bonchev–Trinajstić information content (AvgIpc) is 2.94. The van der Waals surface area contributed by atoms with Crippen molar-refractivity contribution in [3.8, 4) is 23.0 Å². The molecule has 0 aliphatic heterocycles. The SMILES string of the molecule is COc1cc(CO)c(C(=O)OC(C)COCC(CO)OC(=O)c2c(CO)cc(OC)cc2OC)c(OC)c1. The Balaban J connectivity index is 2.01. The summed E-state index contributed by atoms with van der Waals surface area (Å²) >= 11 is 0. The van der Waals surface area contributed by atoms with Gasteiger partial charge in [0, 0.05) is 12.1 Å². The van der Waals surface area contributed by atoms with Crippen LogP contribution < -0.4 is 18.9 Å². The zero-order valence-corrected chi connectivity index (χ0v) is 22.0. The first kappa shape index (κ1) is 30.6. The minimum atomic E-state index is -1.05. The number of benzene rings is 2. The van der Waals surface area contributed by atoms with E-state index in [1.807, 2.05) is 0 Å². The molecule has 12 nitrogen and oxygen atoms in total. The maximum atomic E-state index is 12.8. The van der Waals surface area contributed by atoms with Crippen LogP contribution in [0.3, 0.4) is 0 Å². The van der Waals surface area contributed by atoms with Crippen LogP contribution in [-0.4, -0.2) is 87.7 Å². The number of ether oxygens (including phenoxy) is 7. The van der Waals surface area contributed by atoms with Crippen LogP contribution in [-0.2, 0) is 27.4 Å². The molecule has 0 amide bonds. The number of carbonyl (C=O) groups is 2. The maximum Gasteiger partial charge on any atom is 0.342 e. The molecule has 0 fully saturated rings. The number of carbonyl (C=O) groups excluding carboxylic acids is 2. The number of hydrogen-bond donors (Lipinski definition) is 3. The topological polar surface area (TPSA) is 159 Å². The summed E-state index contributed by atoms with van der Waals surface area (Å²) < 4.78 is 37.0. The van der Waals surface area contributed by atoms with Crippen LogP contribution in [0.25, 0.3) is 0 Å². The van der Waals surface area contributed by atoms with Crippen LogP contribution in [0.1, 0.15) is 38.8 Å². The molecule has 38 heavy (non-hydrogen) atoms. The second kappa shape index (κ2) is 15.0. The van der Waals surface area contributed by atoms with Crippen molar-refractivity contribution in [2.24, 2.45) is 0 Å². The summed E-state index contributed by atoms with van der Waals surface area (Å²) in [6.07, 6.45) is -1.79. The Hall–Kier alpha value is -3.58. The van der Waals surface area contributed by atoms with Crippen molar-refractivity contribution in [1.29, 1.82) is 0 Å². The molecule has 0 aromatic heterocycles. The summed E-state index contributed by atoms with van der Waals surface area (Å²) in [6.45, 7) is -0.162. The van der Waals surface area contributed by atoms with Gasteiger partial charge in [-0.1, -0.05) is 0 Å². The predicted octanol–water partition coefficient (Wildman–Crippen LogP) is 1.49. The molecule has 0 spiro atoms. The van der Waals surface area contributed by atoms with Gasteiger partial charge in [-0.2, -0.15) is 0 Å². The quantitative estimate of drug-likeness (QED) is 0.281. The fourth-order valence-corrected chi connectivity index (χ4v) is 3.54. The standard InChI is InChI=1S/C26H34O12/c1-15(37-25(30)23-16(10-27)6-18(32-2)8-21(23)34-4)13-36-14-20(12-29)38-26(31)24-17(11-28)7-19(33-3)9-22(24)35-5/h6-9,15,20,27-29H,10-14H2,1-5H3. The van der Waals surface area contributed by atoms with E-state index in [0.717, 1.165) is 0 Å². The Labute approximate surface area is 220 Å². The Morgan fingerprint density at radius 2 is 1.18 bits per heavy atom. The summed E-state index contributed by atoms with van der Waals surface area (Å²) in [5.41, 5.74) is 0.533. The first-order valence-electron chi connectivity index (χ1n) is 11.6. The Morgan fingerprint density at radius 1 is 0.711 bits per heavy atom. The lowest BCUT2D eigenvalue weighted by molar-refractivity contribution is -0.0438. The van der Waals surface area contributed by atoms with Gasteiger partial charge in [-0.15, -0.1) is 0 Å². The van der Waals surface area contributed by atoms with Gasteiger partial charge in [0.1, 0.15) is 46.3 Å². The van der Waals surface area contributed by atoms with Crippen molar-refractivity contribution in [2.45, 2.75) is 32.3 Å². The highest BCUT2D eigenvalue weighted by Gasteiger charge is 2.25. The Bertz CT molecular complexity index is 1030. The molecule has 0 heterocycles. The third-order valence-corrected chi connectivity index (χ3v) is 5.42. The van der Waals surface area contributed by atoms with Gasteiger partial charge >= 0.3 is 11.9 Å². The number of aliphatic hydroxyl groups is 3. The van der Waals surface area contributed by atoms with Gasteiger partial charge in [-0.25, -0.2) is 9.59 Å². The lowest BCUT2D eigenvalue weighted by atomic mass is 10.1. The summed E-state index contributed by atoms with van der Waals surface area (Å²) in [4.78, 5) is 25.6. The van der Waals surface area contributed by atoms with Gasteiger partial charge in [0.15, 0.2) is 0 Å². The molecule has 2 rings (SSSR count). The minimum absolute atomic E-state index is 0.00956. The van der Waals surface area contributed by atoms with Crippen LogP contribution in [0, 0.1) is 0 Å². The van der Waals surface area contributed by atoms with Gasteiger partial charge in [-0.3, -0.25) is 0 Å². The fraction of sp³-hybridized carbons (Fsp3) is 0.462. The lowest BCUT2D eigenvalue weighted by Gasteiger charge is -2.20. The monoisotopic (exact) mass is 538 g/mol. The van der Waals surface area contributed by atoms with E-state index < -0.39 is 44.0 Å². The molecule has 0 radical (unpaired) electrons. The van der Waals surface area contributed by atoms with Crippen LogP contribution in [0.2, 0.25) is 0 Å². The molecular formula is C26H34O12. The summed E-state index contributed by atoms with van der Waals surface area (Å²) in [6, 6.07) is 5.94. The molecule has 3 N–H and O–H groups in total. The maximum absolute atomic E-state index is 12.8. The zero-order valence-electron chi connectivity index (χ0n) is 22.0. The van der Waals surface area contributed by atoms with Crippen LogP contribution >= 0.6 is 0 Å². The normalized spacial score (nSPS) is 12.3. The van der Waals surface area contributed by atoms with E-state index in [1.165, 1.54) is 52.7 Å².